The molecular formula is C15H21ClN4O2S. The van der Waals surface area contributed by atoms with Gasteiger partial charge < -0.3 is 10.2 Å². The molecule has 1 atom stereocenters. The summed E-state index contributed by atoms with van der Waals surface area (Å²) in [6.07, 6.45) is 3.26. The molecule has 2 aliphatic rings. The van der Waals surface area contributed by atoms with E-state index >= 15 is 0 Å². The molecule has 0 radical (unpaired) electrons. The Balaban J connectivity index is 1.73. The Morgan fingerprint density at radius 2 is 2.30 bits per heavy atom. The third kappa shape index (κ3) is 4.16. The van der Waals surface area contributed by atoms with Gasteiger partial charge in [-0.2, -0.15) is 0 Å². The SMILES string of the molecule is CS(=O)(=O)NCC1CCCN(C2=NCNc3cc(Cl)ccc32)C1. The van der Waals surface area contributed by atoms with E-state index in [1.54, 1.807) is 0 Å². The van der Waals surface area contributed by atoms with Gasteiger partial charge in [0, 0.05) is 35.9 Å². The number of likely N-dealkylation sites (tertiary alicyclic amines) is 1. The number of aliphatic imine (C=N–C) groups is 1. The lowest BCUT2D eigenvalue weighted by molar-refractivity contribution is 0.259. The number of piperidine rings is 1. The second kappa shape index (κ2) is 6.67. The van der Waals surface area contributed by atoms with Gasteiger partial charge in [-0.1, -0.05) is 11.6 Å². The summed E-state index contributed by atoms with van der Waals surface area (Å²) in [7, 11) is -3.14. The predicted molar refractivity (Wildman–Crippen MR) is 93.6 cm³/mol. The molecule has 0 aromatic heterocycles. The first kappa shape index (κ1) is 16.5. The highest BCUT2D eigenvalue weighted by atomic mass is 35.5. The van der Waals surface area contributed by atoms with Crippen LogP contribution < -0.4 is 10.0 Å². The van der Waals surface area contributed by atoms with Gasteiger partial charge in [0.2, 0.25) is 10.0 Å². The van der Waals surface area contributed by atoms with E-state index in [4.69, 9.17) is 11.6 Å². The highest BCUT2D eigenvalue weighted by Crippen LogP contribution is 2.27. The van der Waals surface area contributed by atoms with Crippen LogP contribution in [0.2, 0.25) is 5.02 Å². The Kier molecular flexibility index (Phi) is 4.79. The fourth-order valence-corrected chi connectivity index (χ4v) is 3.82. The minimum atomic E-state index is -3.14. The molecule has 0 saturated carbocycles. The van der Waals surface area contributed by atoms with Crippen molar-refractivity contribution < 1.29 is 8.42 Å². The third-order valence-corrected chi connectivity index (χ3v) is 5.10. The molecular weight excluding hydrogens is 336 g/mol. The number of rotatable bonds is 3. The van der Waals surface area contributed by atoms with Gasteiger partial charge in [0.15, 0.2) is 0 Å². The van der Waals surface area contributed by atoms with E-state index in [0.717, 1.165) is 43.0 Å². The number of amidine groups is 1. The number of sulfonamides is 1. The highest BCUT2D eigenvalue weighted by molar-refractivity contribution is 7.88. The summed E-state index contributed by atoms with van der Waals surface area (Å²) in [6.45, 7) is 2.76. The molecule has 1 aromatic rings. The molecule has 126 valence electrons. The lowest BCUT2D eigenvalue weighted by Crippen LogP contribution is -2.45. The van der Waals surface area contributed by atoms with Gasteiger partial charge in [-0.25, -0.2) is 18.1 Å². The van der Waals surface area contributed by atoms with Crippen LogP contribution in [0.4, 0.5) is 5.69 Å². The van der Waals surface area contributed by atoms with E-state index < -0.39 is 10.0 Å². The molecule has 8 heteroatoms. The maximum Gasteiger partial charge on any atom is 0.208 e. The van der Waals surface area contributed by atoms with E-state index in [1.165, 1.54) is 6.26 Å². The first-order valence-electron chi connectivity index (χ1n) is 7.70. The number of halogens is 1. The fourth-order valence-electron chi connectivity index (χ4n) is 3.11. The van der Waals surface area contributed by atoms with Gasteiger partial charge in [-0.05, 0) is 37.0 Å². The van der Waals surface area contributed by atoms with E-state index in [2.05, 4.69) is 19.9 Å². The molecule has 2 heterocycles. The number of hydrogen-bond acceptors (Lipinski definition) is 5. The monoisotopic (exact) mass is 356 g/mol. The van der Waals surface area contributed by atoms with Crippen molar-refractivity contribution in [3.63, 3.8) is 0 Å². The van der Waals surface area contributed by atoms with Crippen LogP contribution in [0.5, 0.6) is 0 Å². The maximum absolute atomic E-state index is 11.3. The predicted octanol–water partition coefficient (Wildman–Crippen LogP) is 1.73. The van der Waals surface area contributed by atoms with Crippen LogP contribution in [0.1, 0.15) is 18.4 Å². The lowest BCUT2D eigenvalue weighted by Gasteiger charge is -2.36. The molecule has 0 aliphatic carbocycles. The molecule has 23 heavy (non-hydrogen) atoms. The Labute approximate surface area is 142 Å². The third-order valence-electron chi connectivity index (χ3n) is 4.17. The van der Waals surface area contributed by atoms with Crippen LogP contribution in [0.25, 0.3) is 0 Å². The van der Waals surface area contributed by atoms with E-state index in [0.29, 0.717) is 24.2 Å². The molecule has 0 amide bonds. The average Bonchev–Trinajstić information content (AvgIpc) is 2.52. The lowest BCUT2D eigenvalue weighted by atomic mass is 9.97. The zero-order valence-electron chi connectivity index (χ0n) is 13.0. The molecule has 1 aromatic carbocycles. The molecule has 2 aliphatic heterocycles. The summed E-state index contributed by atoms with van der Waals surface area (Å²) in [5, 5.41) is 3.94. The molecule has 2 N–H and O–H groups in total. The Bertz CT molecular complexity index is 720. The smallest absolute Gasteiger partial charge is 0.208 e. The summed E-state index contributed by atoms with van der Waals surface area (Å²) < 4.78 is 25.2. The second-order valence-electron chi connectivity index (χ2n) is 6.08. The summed E-state index contributed by atoms with van der Waals surface area (Å²) in [4.78, 5) is 6.87. The van der Waals surface area contributed by atoms with Gasteiger partial charge in [0.25, 0.3) is 0 Å². The first-order valence-corrected chi connectivity index (χ1v) is 9.97. The number of nitrogens with one attached hydrogen (secondary N) is 2. The van der Waals surface area contributed by atoms with Crippen molar-refractivity contribution in [2.75, 3.05) is 37.9 Å². The van der Waals surface area contributed by atoms with Crippen molar-refractivity contribution in [1.82, 2.24) is 9.62 Å². The largest absolute Gasteiger partial charge is 0.366 e. The number of hydrogen-bond donors (Lipinski definition) is 2. The molecule has 0 spiro atoms. The first-order chi connectivity index (χ1) is 10.9. The summed E-state index contributed by atoms with van der Waals surface area (Å²) >= 11 is 6.06. The average molecular weight is 357 g/mol. The van der Waals surface area contributed by atoms with Gasteiger partial charge in [-0.15, -0.1) is 0 Å². The van der Waals surface area contributed by atoms with Gasteiger partial charge in [-0.3, -0.25) is 0 Å². The van der Waals surface area contributed by atoms with Crippen LogP contribution in [-0.4, -0.2) is 51.7 Å². The number of benzene rings is 1. The summed E-state index contributed by atoms with van der Waals surface area (Å²) in [5.41, 5.74) is 2.05. The van der Waals surface area contributed by atoms with Crippen LogP contribution in [-0.2, 0) is 10.0 Å². The molecule has 1 unspecified atom stereocenters. The van der Waals surface area contributed by atoms with Crippen molar-refractivity contribution in [2.24, 2.45) is 10.9 Å². The second-order valence-corrected chi connectivity index (χ2v) is 8.35. The van der Waals surface area contributed by atoms with Crippen molar-refractivity contribution in [2.45, 2.75) is 12.8 Å². The number of anilines is 1. The van der Waals surface area contributed by atoms with E-state index in [9.17, 15) is 8.42 Å². The summed E-state index contributed by atoms with van der Waals surface area (Å²) in [6, 6.07) is 5.77. The van der Waals surface area contributed by atoms with E-state index in [-0.39, 0.29) is 0 Å². The van der Waals surface area contributed by atoms with Crippen LogP contribution in [0, 0.1) is 5.92 Å². The topological polar surface area (TPSA) is 73.8 Å². The summed E-state index contributed by atoms with van der Waals surface area (Å²) in [5.74, 6) is 1.27. The molecule has 1 saturated heterocycles. The maximum atomic E-state index is 11.3. The van der Waals surface area contributed by atoms with Gasteiger partial charge >= 0.3 is 0 Å². The fraction of sp³-hybridized carbons (Fsp3) is 0.533. The Morgan fingerprint density at radius 1 is 1.48 bits per heavy atom. The Morgan fingerprint density at radius 3 is 3.09 bits per heavy atom. The quantitative estimate of drug-likeness (QED) is 0.865. The van der Waals surface area contributed by atoms with Crippen molar-refractivity contribution in [3.05, 3.63) is 28.8 Å². The molecule has 3 rings (SSSR count). The zero-order chi connectivity index (χ0) is 16.4. The highest BCUT2D eigenvalue weighted by Gasteiger charge is 2.26. The minimum Gasteiger partial charge on any atom is -0.366 e. The van der Waals surface area contributed by atoms with Crippen LogP contribution in [0.3, 0.4) is 0 Å². The molecule has 6 nitrogen and oxygen atoms in total. The van der Waals surface area contributed by atoms with Crippen molar-refractivity contribution in [3.8, 4) is 0 Å². The van der Waals surface area contributed by atoms with Crippen molar-refractivity contribution >= 4 is 33.1 Å². The zero-order valence-corrected chi connectivity index (χ0v) is 14.6. The standard InChI is InChI=1S/C15H21ClN4O2S/c1-23(21,22)19-8-11-3-2-6-20(9-11)15-13-5-4-12(16)7-14(13)17-10-18-15/h4-5,7,11,17,19H,2-3,6,8-10H2,1H3. The minimum absolute atomic E-state index is 0.298. The van der Waals surface area contributed by atoms with Crippen molar-refractivity contribution in [1.29, 1.82) is 0 Å². The van der Waals surface area contributed by atoms with Crippen LogP contribution >= 0.6 is 11.6 Å². The van der Waals surface area contributed by atoms with Crippen LogP contribution in [0.15, 0.2) is 23.2 Å². The Hall–Kier alpha value is -1.31. The number of nitrogens with zero attached hydrogens (tertiary/aromatic N) is 2. The van der Waals surface area contributed by atoms with Gasteiger partial charge in [0.1, 0.15) is 12.5 Å². The molecule has 0 bridgehead atoms. The van der Waals surface area contributed by atoms with E-state index in [1.807, 2.05) is 18.2 Å². The number of fused-ring (bicyclic) bond motifs is 1. The van der Waals surface area contributed by atoms with Gasteiger partial charge in [0.05, 0.1) is 6.26 Å². The molecule has 1 fully saturated rings. The normalized spacial score (nSPS) is 21.4.